The van der Waals surface area contributed by atoms with Gasteiger partial charge in [-0.2, -0.15) is 5.10 Å². The molecule has 6 aromatic rings. The Kier molecular flexibility index (Phi) is 5.89. The number of fused-ring (bicyclic) bond motifs is 2. The molecular formula is C31H28FN7. The first-order valence-electron chi connectivity index (χ1n) is 13.4. The minimum Gasteiger partial charge on any atom is -0.337 e. The topological polar surface area (TPSA) is 86.4 Å². The predicted octanol–water partition coefficient (Wildman–Crippen LogP) is 6.66. The summed E-state index contributed by atoms with van der Waals surface area (Å²) in [6.45, 7) is 5.09. The van der Waals surface area contributed by atoms with Crippen molar-refractivity contribution >= 4 is 21.9 Å². The van der Waals surface area contributed by atoms with Crippen LogP contribution in [0.15, 0.2) is 67.1 Å². The molecule has 39 heavy (non-hydrogen) atoms. The number of hydrogen-bond acceptors (Lipinski definition) is 5. The number of halogens is 1. The molecule has 0 saturated carbocycles. The van der Waals surface area contributed by atoms with Crippen molar-refractivity contribution in [1.82, 2.24) is 35.0 Å². The maximum atomic E-state index is 14.2. The fourth-order valence-corrected chi connectivity index (χ4v) is 5.61. The Morgan fingerprint density at radius 2 is 1.82 bits per heavy atom. The van der Waals surface area contributed by atoms with Gasteiger partial charge >= 0.3 is 0 Å². The number of aromatic amines is 2. The van der Waals surface area contributed by atoms with Gasteiger partial charge in [-0.05, 0) is 79.9 Å². The molecule has 1 fully saturated rings. The molecule has 0 bridgehead atoms. The molecule has 0 aliphatic carbocycles. The van der Waals surface area contributed by atoms with Crippen LogP contribution in [0, 0.1) is 12.7 Å². The smallest absolute Gasteiger partial charge is 0.159 e. The van der Waals surface area contributed by atoms with Crippen LogP contribution >= 0.6 is 0 Å². The predicted molar refractivity (Wildman–Crippen MR) is 151 cm³/mol. The van der Waals surface area contributed by atoms with Crippen LogP contribution in [0.4, 0.5) is 4.39 Å². The van der Waals surface area contributed by atoms with Crippen molar-refractivity contribution in [2.45, 2.75) is 32.7 Å². The first kappa shape index (κ1) is 23.7. The summed E-state index contributed by atoms with van der Waals surface area (Å²) in [6.07, 6.45) is 9.47. The summed E-state index contributed by atoms with van der Waals surface area (Å²) < 4.78 is 14.2. The molecular weight excluding hydrogens is 489 g/mol. The van der Waals surface area contributed by atoms with E-state index in [1.165, 1.54) is 30.9 Å². The number of likely N-dealkylation sites (tertiary alicyclic amines) is 1. The minimum absolute atomic E-state index is 0.259. The van der Waals surface area contributed by atoms with Crippen LogP contribution in [-0.4, -0.2) is 48.1 Å². The monoisotopic (exact) mass is 517 g/mol. The van der Waals surface area contributed by atoms with E-state index in [4.69, 9.17) is 9.97 Å². The number of imidazole rings is 1. The number of rotatable bonds is 5. The maximum Gasteiger partial charge on any atom is 0.159 e. The Hall–Kier alpha value is -4.43. The van der Waals surface area contributed by atoms with Gasteiger partial charge < -0.3 is 4.98 Å². The first-order valence-corrected chi connectivity index (χ1v) is 13.4. The molecule has 194 valence electrons. The van der Waals surface area contributed by atoms with E-state index in [1.54, 1.807) is 6.07 Å². The van der Waals surface area contributed by atoms with Crippen LogP contribution in [0.2, 0.25) is 0 Å². The number of nitrogens with one attached hydrogen (secondary N) is 2. The lowest BCUT2D eigenvalue weighted by Gasteiger charge is -2.26. The summed E-state index contributed by atoms with van der Waals surface area (Å²) >= 11 is 0. The van der Waals surface area contributed by atoms with Crippen molar-refractivity contribution in [1.29, 1.82) is 0 Å². The van der Waals surface area contributed by atoms with E-state index in [-0.39, 0.29) is 5.82 Å². The van der Waals surface area contributed by atoms with Crippen LogP contribution in [0.25, 0.3) is 55.8 Å². The van der Waals surface area contributed by atoms with E-state index >= 15 is 0 Å². The molecule has 1 aliphatic rings. The van der Waals surface area contributed by atoms with E-state index in [9.17, 15) is 4.39 Å². The van der Waals surface area contributed by atoms with Gasteiger partial charge in [-0.1, -0.05) is 24.6 Å². The Morgan fingerprint density at radius 1 is 0.923 bits per heavy atom. The lowest BCUT2D eigenvalue weighted by molar-refractivity contribution is 0.220. The lowest BCUT2D eigenvalue weighted by Crippen LogP contribution is -2.29. The Bertz CT molecular complexity index is 1790. The van der Waals surface area contributed by atoms with Crippen molar-refractivity contribution in [2.75, 3.05) is 13.1 Å². The molecule has 2 N–H and O–H groups in total. The molecule has 7 nitrogen and oxygen atoms in total. The van der Waals surface area contributed by atoms with Gasteiger partial charge in [0.25, 0.3) is 0 Å². The number of nitrogens with zero attached hydrogens (tertiary/aromatic N) is 5. The summed E-state index contributed by atoms with van der Waals surface area (Å²) in [6, 6.07) is 15.2. The van der Waals surface area contributed by atoms with Gasteiger partial charge in [-0.15, -0.1) is 0 Å². The second-order valence-electron chi connectivity index (χ2n) is 10.4. The first-order chi connectivity index (χ1) is 19.1. The largest absolute Gasteiger partial charge is 0.337 e. The number of para-hydroxylation sites is 1. The third-order valence-corrected chi connectivity index (χ3v) is 7.48. The van der Waals surface area contributed by atoms with Gasteiger partial charge in [0.15, 0.2) is 5.82 Å². The van der Waals surface area contributed by atoms with Crippen LogP contribution in [0.1, 0.15) is 30.4 Å². The zero-order chi connectivity index (χ0) is 26.3. The SMILES string of the molecule is Cc1cc(F)cc(-c2cccc3[nH]c(-c4n[nH]c5cnc(-c6cncc(CN7CCCCC7)c6)cc45)nc23)c1. The number of piperidine rings is 1. The highest BCUT2D eigenvalue weighted by molar-refractivity contribution is 5.97. The lowest BCUT2D eigenvalue weighted by atomic mass is 10.0. The molecule has 0 radical (unpaired) electrons. The van der Waals surface area contributed by atoms with Crippen molar-refractivity contribution in [3.63, 3.8) is 0 Å². The maximum absolute atomic E-state index is 14.2. The van der Waals surface area contributed by atoms with Gasteiger partial charge in [0.05, 0.1) is 28.4 Å². The van der Waals surface area contributed by atoms with E-state index in [0.29, 0.717) is 11.5 Å². The van der Waals surface area contributed by atoms with Crippen LogP contribution < -0.4 is 0 Å². The third-order valence-electron chi connectivity index (χ3n) is 7.48. The number of aromatic nitrogens is 6. The Balaban J connectivity index is 1.26. The van der Waals surface area contributed by atoms with E-state index in [1.807, 2.05) is 55.8 Å². The number of aryl methyl sites for hydroxylation is 1. The summed E-state index contributed by atoms with van der Waals surface area (Å²) in [5.74, 6) is 0.386. The molecule has 0 unspecified atom stereocenters. The third kappa shape index (κ3) is 4.57. The van der Waals surface area contributed by atoms with E-state index < -0.39 is 0 Å². The second-order valence-corrected chi connectivity index (χ2v) is 10.4. The summed E-state index contributed by atoms with van der Waals surface area (Å²) in [5, 5.41) is 8.59. The number of hydrogen-bond donors (Lipinski definition) is 2. The van der Waals surface area contributed by atoms with Crippen molar-refractivity contribution in [3.05, 3.63) is 84.1 Å². The zero-order valence-electron chi connectivity index (χ0n) is 21.7. The average molecular weight is 518 g/mol. The van der Waals surface area contributed by atoms with Gasteiger partial charge in [0.1, 0.15) is 11.5 Å². The molecule has 0 atom stereocenters. The van der Waals surface area contributed by atoms with Gasteiger partial charge in [0, 0.05) is 35.5 Å². The Morgan fingerprint density at radius 3 is 2.69 bits per heavy atom. The fourth-order valence-electron chi connectivity index (χ4n) is 5.61. The van der Waals surface area contributed by atoms with E-state index in [2.05, 4.69) is 31.1 Å². The van der Waals surface area contributed by atoms with Gasteiger partial charge in [0.2, 0.25) is 0 Å². The van der Waals surface area contributed by atoms with Gasteiger partial charge in [-0.3, -0.25) is 20.0 Å². The highest BCUT2D eigenvalue weighted by atomic mass is 19.1. The van der Waals surface area contributed by atoms with Crippen molar-refractivity contribution in [2.24, 2.45) is 0 Å². The number of pyridine rings is 2. The standard InChI is InChI=1S/C31H28FN7/c1-19-10-21(13-23(32)11-19)24-6-5-7-26-29(24)36-31(35-26)30-25-14-27(34-17-28(25)37-38-30)22-12-20(15-33-16-22)18-39-8-3-2-4-9-39/h5-7,10-17H,2-4,8-9,18H2,1H3,(H,35,36)(H,37,38). The van der Waals surface area contributed by atoms with Crippen molar-refractivity contribution < 1.29 is 4.39 Å². The zero-order valence-corrected chi connectivity index (χ0v) is 21.7. The second kappa shape index (κ2) is 9.71. The molecule has 5 heterocycles. The normalized spacial score (nSPS) is 14.4. The number of benzene rings is 2. The molecule has 1 aliphatic heterocycles. The van der Waals surface area contributed by atoms with Crippen LogP contribution in [0.5, 0.6) is 0 Å². The molecule has 2 aromatic carbocycles. The number of H-pyrrole nitrogens is 2. The molecule has 4 aromatic heterocycles. The van der Waals surface area contributed by atoms with Crippen LogP contribution in [0.3, 0.4) is 0 Å². The molecule has 8 heteroatoms. The minimum atomic E-state index is -0.259. The van der Waals surface area contributed by atoms with Crippen LogP contribution in [-0.2, 0) is 6.54 Å². The molecule has 0 spiro atoms. The molecule has 7 rings (SSSR count). The summed E-state index contributed by atoms with van der Waals surface area (Å²) in [7, 11) is 0. The highest BCUT2D eigenvalue weighted by Gasteiger charge is 2.17. The van der Waals surface area contributed by atoms with Gasteiger partial charge in [-0.25, -0.2) is 9.37 Å². The average Bonchev–Trinajstić information content (AvgIpc) is 3.57. The Labute approximate surface area is 225 Å². The molecule has 1 saturated heterocycles. The fraction of sp³-hybridized carbons (Fsp3) is 0.226. The summed E-state index contributed by atoms with van der Waals surface area (Å²) in [4.78, 5) is 20.1. The summed E-state index contributed by atoms with van der Waals surface area (Å²) in [5.41, 5.74) is 8.73. The molecule has 0 amide bonds. The quantitative estimate of drug-likeness (QED) is 0.267. The van der Waals surface area contributed by atoms with E-state index in [0.717, 1.165) is 69.5 Å². The van der Waals surface area contributed by atoms with Crippen molar-refractivity contribution in [3.8, 4) is 33.9 Å². The highest BCUT2D eigenvalue weighted by Crippen LogP contribution is 2.33.